The summed E-state index contributed by atoms with van der Waals surface area (Å²) in [4.78, 5) is 17.7. The molecule has 1 aromatic heterocycles. The third kappa shape index (κ3) is 3.69. The molecule has 0 bridgehead atoms. The number of hydrogen-bond acceptors (Lipinski definition) is 2. The number of aromatic nitrogens is 1. The van der Waals surface area contributed by atoms with Gasteiger partial charge in [-0.15, -0.1) is 0 Å². The minimum Gasteiger partial charge on any atom is -0.337 e. The molecule has 0 unspecified atom stereocenters. The molecule has 0 aliphatic heterocycles. The molecule has 0 saturated heterocycles. The van der Waals surface area contributed by atoms with E-state index in [4.69, 9.17) is 23.2 Å². The topological polar surface area (TPSA) is 33.2 Å². The van der Waals surface area contributed by atoms with E-state index >= 15 is 0 Å². The Morgan fingerprint density at radius 3 is 2.42 bits per heavy atom. The van der Waals surface area contributed by atoms with Crippen LogP contribution in [0.4, 0.5) is 0 Å². The standard InChI is InChI=1S/C14H12Cl2N2O/c1-18(9-10-2-5-12(15)6-3-10)14(19)11-4-7-13(16)17-8-11/h2-8H,9H2,1H3. The highest BCUT2D eigenvalue weighted by Gasteiger charge is 2.12. The summed E-state index contributed by atoms with van der Waals surface area (Å²) in [5.41, 5.74) is 1.53. The molecule has 98 valence electrons. The first-order chi connectivity index (χ1) is 9.06. The molecule has 0 aliphatic carbocycles. The van der Waals surface area contributed by atoms with E-state index in [1.807, 2.05) is 12.1 Å². The lowest BCUT2D eigenvalue weighted by Gasteiger charge is -2.17. The van der Waals surface area contributed by atoms with E-state index in [2.05, 4.69) is 4.98 Å². The first-order valence-corrected chi connectivity index (χ1v) is 6.43. The number of amides is 1. The SMILES string of the molecule is CN(Cc1ccc(Cl)cc1)C(=O)c1ccc(Cl)nc1. The Morgan fingerprint density at radius 2 is 1.84 bits per heavy atom. The number of benzene rings is 1. The van der Waals surface area contributed by atoms with Crippen LogP contribution in [0.3, 0.4) is 0 Å². The number of carbonyl (C=O) groups is 1. The van der Waals surface area contributed by atoms with E-state index in [0.717, 1.165) is 5.56 Å². The first kappa shape index (κ1) is 13.8. The molecular weight excluding hydrogens is 283 g/mol. The zero-order valence-electron chi connectivity index (χ0n) is 10.3. The molecule has 0 N–H and O–H groups in total. The van der Waals surface area contributed by atoms with E-state index in [1.54, 1.807) is 36.2 Å². The van der Waals surface area contributed by atoms with Crippen molar-refractivity contribution in [3.05, 3.63) is 63.9 Å². The molecule has 1 heterocycles. The van der Waals surface area contributed by atoms with E-state index in [0.29, 0.717) is 22.3 Å². The Balaban J connectivity index is 2.07. The predicted octanol–water partition coefficient (Wildman–Crippen LogP) is 3.66. The van der Waals surface area contributed by atoms with Crippen molar-refractivity contribution in [2.75, 3.05) is 7.05 Å². The van der Waals surface area contributed by atoms with Crippen LogP contribution in [0.25, 0.3) is 0 Å². The van der Waals surface area contributed by atoms with E-state index in [-0.39, 0.29) is 5.91 Å². The molecular formula is C14H12Cl2N2O. The fourth-order valence-electron chi connectivity index (χ4n) is 1.66. The number of carbonyl (C=O) groups excluding carboxylic acids is 1. The van der Waals surface area contributed by atoms with Gasteiger partial charge in [-0.05, 0) is 29.8 Å². The van der Waals surface area contributed by atoms with Gasteiger partial charge >= 0.3 is 0 Å². The lowest BCUT2D eigenvalue weighted by molar-refractivity contribution is 0.0784. The zero-order chi connectivity index (χ0) is 13.8. The van der Waals surface area contributed by atoms with Crippen molar-refractivity contribution in [3.8, 4) is 0 Å². The van der Waals surface area contributed by atoms with Crippen molar-refractivity contribution >= 4 is 29.1 Å². The van der Waals surface area contributed by atoms with Crippen molar-refractivity contribution in [2.45, 2.75) is 6.54 Å². The Morgan fingerprint density at radius 1 is 1.16 bits per heavy atom. The molecule has 2 aromatic rings. The Labute approximate surface area is 121 Å². The molecule has 0 spiro atoms. The Bertz CT molecular complexity index is 567. The molecule has 0 aliphatic rings. The average molecular weight is 295 g/mol. The maximum Gasteiger partial charge on any atom is 0.255 e. The molecule has 19 heavy (non-hydrogen) atoms. The van der Waals surface area contributed by atoms with Gasteiger partial charge in [0.2, 0.25) is 0 Å². The number of rotatable bonds is 3. The maximum absolute atomic E-state index is 12.1. The van der Waals surface area contributed by atoms with Crippen molar-refractivity contribution < 1.29 is 4.79 Å². The van der Waals surface area contributed by atoms with Crippen LogP contribution in [0.2, 0.25) is 10.2 Å². The highest BCUT2D eigenvalue weighted by Crippen LogP contribution is 2.13. The summed E-state index contributed by atoms with van der Waals surface area (Å²) in [6.45, 7) is 0.513. The lowest BCUT2D eigenvalue weighted by atomic mass is 10.2. The Kier molecular flexibility index (Phi) is 4.40. The van der Waals surface area contributed by atoms with E-state index in [1.165, 1.54) is 6.20 Å². The fraction of sp³-hybridized carbons (Fsp3) is 0.143. The lowest BCUT2D eigenvalue weighted by Crippen LogP contribution is -2.26. The highest BCUT2D eigenvalue weighted by atomic mass is 35.5. The van der Waals surface area contributed by atoms with E-state index in [9.17, 15) is 4.79 Å². The second-order valence-corrected chi connectivity index (χ2v) is 4.98. The van der Waals surface area contributed by atoms with Crippen LogP contribution in [-0.4, -0.2) is 22.8 Å². The van der Waals surface area contributed by atoms with Crippen LogP contribution in [0.15, 0.2) is 42.6 Å². The van der Waals surface area contributed by atoms with Crippen LogP contribution in [0.1, 0.15) is 15.9 Å². The third-order valence-electron chi connectivity index (χ3n) is 2.65. The number of hydrogen-bond donors (Lipinski definition) is 0. The monoisotopic (exact) mass is 294 g/mol. The van der Waals surface area contributed by atoms with Gasteiger partial charge in [0.25, 0.3) is 5.91 Å². The molecule has 0 saturated carbocycles. The van der Waals surface area contributed by atoms with Crippen molar-refractivity contribution in [3.63, 3.8) is 0 Å². The van der Waals surface area contributed by atoms with Crippen LogP contribution in [0, 0.1) is 0 Å². The number of halogens is 2. The second kappa shape index (κ2) is 6.04. The molecule has 0 fully saturated rings. The molecule has 0 atom stereocenters. The molecule has 1 amide bonds. The summed E-state index contributed by atoms with van der Waals surface area (Å²) in [5.74, 6) is -0.0980. The van der Waals surface area contributed by atoms with Gasteiger partial charge in [-0.1, -0.05) is 35.3 Å². The van der Waals surface area contributed by atoms with E-state index < -0.39 is 0 Å². The van der Waals surface area contributed by atoms with Gasteiger partial charge in [0, 0.05) is 24.8 Å². The highest BCUT2D eigenvalue weighted by molar-refractivity contribution is 6.30. The minimum absolute atomic E-state index is 0.0980. The largest absolute Gasteiger partial charge is 0.337 e. The maximum atomic E-state index is 12.1. The summed E-state index contributed by atoms with van der Waals surface area (Å²) in [6.07, 6.45) is 1.48. The van der Waals surface area contributed by atoms with Crippen molar-refractivity contribution in [1.82, 2.24) is 9.88 Å². The van der Waals surface area contributed by atoms with Crippen LogP contribution in [0.5, 0.6) is 0 Å². The minimum atomic E-state index is -0.0980. The number of pyridine rings is 1. The normalized spacial score (nSPS) is 10.3. The second-order valence-electron chi connectivity index (χ2n) is 4.16. The predicted molar refractivity (Wildman–Crippen MR) is 76.5 cm³/mol. The first-order valence-electron chi connectivity index (χ1n) is 5.68. The Hall–Kier alpha value is -1.58. The third-order valence-corrected chi connectivity index (χ3v) is 3.13. The molecule has 1 aromatic carbocycles. The van der Waals surface area contributed by atoms with Gasteiger partial charge in [0.1, 0.15) is 5.15 Å². The fourth-order valence-corrected chi connectivity index (χ4v) is 1.90. The van der Waals surface area contributed by atoms with Gasteiger partial charge in [0.05, 0.1) is 5.56 Å². The summed E-state index contributed by atoms with van der Waals surface area (Å²) < 4.78 is 0. The van der Waals surface area contributed by atoms with Gasteiger partial charge < -0.3 is 4.90 Å². The van der Waals surface area contributed by atoms with Crippen LogP contribution in [-0.2, 0) is 6.54 Å². The summed E-state index contributed by atoms with van der Waals surface area (Å²) in [6, 6.07) is 10.7. The van der Waals surface area contributed by atoms with Crippen LogP contribution >= 0.6 is 23.2 Å². The van der Waals surface area contributed by atoms with Gasteiger partial charge in [0.15, 0.2) is 0 Å². The average Bonchev–Trinajstić information content (AvgIpc) is 2.41. The molecule has 5 heteroatoms. The zero-order valence-corrected chi connectivity index (χ0v) is 11.8. The molecule has 2 rings (SSSR count). The van der Waals surface area contributed by atoms with Gasteiger partial charge in [-0.2, -0.15) is 0 Å². The smallest absolute Gasteiger partial charge is 0.255 e. The summed E-state index contributed by atoms with van der Waals surface area (Å²) >= 11 is 11.5. The number of nitrogens with zero attached hydrogens (tertiary/aromatic N) is 2. The summed E-state index contributed by atoms with van der Waals surface area (Å²) in [7, 11) is 1.74. The quantitative estimate of drug-likeness (QED) is 0.810. The van der Waals surface area contributed by atoms with Gasteiger partial charge in [-0.3, -0.25) is 4.79 Å². The molecule has 0 radical (unpaired) electrons. The van der Waals surface area contributed by atoms with Crippen molar-refractivity contribution in [1.29, 1.82) is 0 Å². The molecule has 3 nitrogen and oxygen atoms in total. The van der Waals surface area contributed by atoms with Gasteiger partial charge in [-0.25, -0.2) is 4.98 Å². The summed E-state index contributed by atoms with van der Waals surface area (Å²) in [5, 5.41) is 1.05. The van der Waals surface area contributed by atoms with Crippen LogP contribution < -0.4 is 0 Å². The van der Waals surface area contributed by atoms with Crippen molar-refractivity contribution in [2.24, 2.45) is 0 Å².